The zero-order chi connectivity index (χ0) is 29.7. The van der Waals surface area contributed by atoms with Crippen LogP contribution < -0.4 is 0 Å². The minimum absolute atomic E-state index is 0.246. The third-order valence-corrected chi connectivity index (χ3v) is 9.46. The molecule has 0 radical (unpaired) electrons. The van der Waals surface area contributed by atoms with E-state index in [2.05, 4.69) is 158 Å². The summed E-state index contributed by atoms with van der Waals surface area (Å²) in [5.74, 6) is 0.246. The van der Waals surface area contributed by atoms with E-state index in [0.29, 0.717) is 0 Å². The van der Waals surface area contributed by atoms with E-state index in [9.17, 15) is 0 Å². The summed E-state index contributed by atoms with van der Waals surface area (Å²) in [6.07, 6.45) is 7.82. The summed E-state index contributed by atoms with van der Waals surface area (Å²) in [6, 6.07) is 52.6. The Kier molecular flexibility index (Phi) is 6.02. The number of hydrogen-bond acceptors (Lipinski definition) is 1. The maximum atomic E-state index is 6.42. The number of fused-ring (bicyclic) bond motifs is 5. The molecule has 0 bridgehead atoms. The topological polar surface area (TPSA) is 13.1 Å². The fourth-order valence-corrected chi connectivity index (χ4v) is 7.59. The number of rotatable bonds is 4. The zero-order valence-corrected chi connectivity index (χ0v) is 24.8. The van der Waals surface area contributed by atoms with Crippen molar-refractivity contribution in [1.82, 2.24) is 0 Å². The van der Waals surface area contributed by atoms with Crippen LogP contribution in [0.2, 0.25) is 0 Å². The summed E-state index contributed by atoms with van der Waals surface area (Å²) in [5.41, 5.74) is 10.8. The van der Waals surface area contributed by atoms with E-state index in [1.165, 1.54) is 65.9 Å². The monoisotopic (exact) mass is 574 g/mol. The maximum absolute atomic E-state index is 6.42. The molecule has 7 aromatic carbocycles. The van der Waals surface area contributed by atoms with Crippen LogP contribution in [0.1, 0.15) is 23.5 Å². The quantitative estimate of drug-likeness (QED) is 0.191. The minimum atomic E-state index is 0.246. The van der Waals surface area contributed by atoms with E-state index < -0.39 is 0 Å². The van der Waals surface area contributed by atoms with Crippen molar-refractivity contribution in [3.63, 3.8) is 0 Å². The molecular formula is C44H30O. The molecule has 45 heavy (non-hydrogen) atoms. The molecule has 0 fully saturated rings. The van der Waals surface area contributed by atoms with Crippen LogP contribution in [0.25, 0.3) is 71.3 Å². The van der Waals surface area contributed by atoms with Crippen LogP contribution >= 0.6 is 0 Å². The molecule has 0 N–H and O–H groups in total. The fraction of sp³-hybridized carbons (Fsp3) is 0.0455. The second-order valence-electron chi connectivity index (χ2n) is 11.9. The first-order valence-corrected chi connectivity index (χ1v) is 15.7. The average molecular weight is 575 g/mol. The first-order chi connectivity index (χ1) is 22.4. The van der Waals surface area contributed by atoms with E-state index >= 15 is 0 Å². The van der Waals surface area contributed by atoms with Crippen molar-refractivity contribution in [3.05, 3.63) is 175 Å². The van der Waals surface area contributed by atoms with Crippen LogP contribution in [0.3, 0.4) is 0 Å². The van der Waals surface area contributed by atoms with Crippen molar-refractivity contribution in [3.8, 4) is 22.3 Å². The zero-order valence-electron chi connectivity index (χ0n) is 24.8. The highest BCUT2D eigenvalue weighted by molar-refractivity contribution is 6.22. The lowest BCUT2D eigenvalue weighted by Gasteiger charge is -2.27. The minimum Gasteiger partial charge on any atom is -0.456 e. The van der Waals surface area contributed by atoms with Crippen LogP contribution in [0, 0.1) is 0 Å². The van der Waals surface area contributed by atoms with Gasteiger partial charge < -0.3 is 4.42 Å². The molecule has 1 unspecified atom stereocenters. The van der Waals surface area contributed by atoms with Crippen LogP contribution in [-0.2, 0) is 0 Å². The summed E-state index contributed by atoms with van der Waals surface area (Å²) < 4.78 is 6.42. The van der Waals surface area contributed by atoms with E-state index in [1.54, 1.807) is 0 Å². The van der Waals surface area contributed by atoms with Gasteiger partial charge in [0.2, 0.25) is 0 Å². The van der Waals surface area contributed by atoms with Crippen molar-refractivity contribution in [2.75, 3.05) is 0 Å². The number of para-hydroxylation sites is 1. The van der Waals surface area contributed by atoms with Gasteiger partial charge in [0.15, 0.2) is 0 Å². The molecule has 0 amide bonds. The molecule has 1 atom stereocenters. The first kappa shape index (κ1) is 25.8. The van der Waals surface area contributed by atoms with Crippen molar-refractivity contribution in [1.29, 1.82) is 0 Å². The van der Waals surface area contributed by atoms with Gasteiger partial charge in [-0.2, -0.15) is 0 Å². The molecule has 1 aliphatic rings. The normalized spacial score (nSPS) is 14.8. The SMILES string of the molecule is C1=CCC(c2c3ccccc3c(-c3ccc4oc5ccccc5c4c3-c3ccccc3)c3ccccc23)C(c2ccccc2)=C1. The Balaban J connectivity index is 1.41. The van der Waals surface area contributed by atoms with Crippen LogP contribution in [0.4, 0.5) is 0 Å². The van der Waals surface area contributed by atoms with Gasteiger partial charge in [-0.25, -0.2) is 0 Å². The van der Waals surface area contributed by atoms with E-state index in [4.69, 9.17) is 4.42 Å². The second-order valence-corrected chi connectivity index (χ2v) is 11.9. The summed E-state index contributed by atoms with van der Waals surface area (Å²) in [4.78, 5) is 0. The van der Waals surface area contributed by atoms with Gasteiger partial charge in [0.1, 0.15) is 11.2 Å². The largest absolute Gasteiger partial charge is 0.456 e. The summed E-state index contributed by atoms with van der Waals surface area (Å²) >= 11 is 0. The Bertz CT molecular complexity index is 2380. The second kappa shape index (κ2) is 10.5. The molecule has 1 aliphatic carbocycles. The molecule has 0 saturated heterocycles. The molecule has 1 aromatic heterocycles. The van der Waals surface area contributed by atoms with E-state index in [1.807, 2.05) is 6.07 Å². The molecule has 9 rings (SSSR count). The third-order valence-electron chi connectivity index (χ3n) is 9.46. The predicted molar refractivity (Wildman–Crippen MR) is 191 cm³/mol. The fourth-order valence-electron chi connectivity index (χ4n) is 7.59. The number of allylic oxidation sites excluding steroid dienone is 4. The highest BCUT2D eigenvalue weighted by Gasteiger charge is 2.27. The Hall–Kier alpha value is -5.66. The summed E-state index contributed by atoms with van der Waals surface area (Å²) in [6.45, 7) is 0. The van der Waals surface area contributed by atoms with Crippen LogP contribution in [0.5, 0.6) is 0 Å². The van der Waals surface area contributed by atoms with Gasteiger partial charge in [-0.1, -0.05) is 146 Å². The molecular weight excluding hydrogens is 544 g/mol. The Labute approximate surface area is 262 Å². The lowest BCUT2D eigenvalue weighted by atomic mass is 9.76. The first-order valence-electron chi connectivity index (χ1n) is 15.7. The summed E-state index contributed by atoms with van der Waals surface area (Å²) in [7, 11) is 0. The highest BCUT2D eigenvalue weighted by atomic mass is 16.3. The number of benzene rings is 7. The molecule has 1 heterocycles. The van der Waals surface area contributed by atoms with E-state index in [-0.39, 0.29) is 5.92 Å². The lowest BCUT2D eigenvalue weighted by Crippen LogP contribution is -2.06. The smallest absolute Gasteiger partial charge is 0.136 e. The van der Waals surface area contributed by atoms with Crippen molar-refractivity contribution in [2.45, 2.75) is 12.3 Å². The van der Waals surface area contributed by atoms with Crippen LogP contribution in [-0.4, -0.2) is 0 Å². The van der Waals surface area contributed by atoms with Gasteiger partial charge in [0.05, 0.1) is 0 Å². The van der Waals surface area contributed by atoms with Gasteiger partial charge in [-0.05, 0) is 79.6 Å². The third kappa shape index (κ3) is 4.08. The van der Waals surface area contributed by atoms with Gasteiger partial charge >= 0.3 is 0 Å². The van der Waals surface area contributed by atoms with Gasteiger partial charge in [0, 0.05) is 22.3 Å². The number of hydrogen-bond donors (Lipinski definition) is 0. The highest BCUT2D eigenvalue weighted by Crippen LogP contribution is 2.50. The molecule has 1 heteroatoms. The molecule has 212 valence electrons. The molecule has 1 nitrogen and oxygen atoms in total. The maximum Gasteiger partial charge on any atom is 0.136 e. The van der Waals surface area contributed by atoms with E-state index in [0.717, 1.165) is 23.0 Å². The summed E-state index contributed by atoms with van der Waals surface area (Å²) in [5, 5.41) is 7.48. The average Bonchev–Trinajstić information content (AvgIpc) is 3.50. The van der Waals surface area contributed by atoms with Gasteiger partial charge in [-0.3, -0.25) is 0 Å². The van der Waals surface area contributed by atoms with Gasteiger partial charge in [0.25, 0.3) is 0 Å². The van der Waals surface area contributed by atoms with Crippen molar-refractivity contribution < 1.29 is 4.42 Å². The predicted octanol–water partition coefficient (Wildman–Crippen LogP) is 12.4. The lowest BCUT2D eigenvalue weighted by molar-refractivity contribution is 0.669. The molecule has 0 saturated carbocycles. The Morgan fingerprint density at radius 1 is 0.467 bits per heavy atom. The number of furan rings is 1. The Morgan fingerprint density at radius 2 is 1.04 bits per heavy atom. The molecule has 0 spiro atoms. The Morgan fingerprint density at radius 3 is 1.73 bits per heavy atom. The van der Waals surface area contributed by atoms with Gasteiger partial charge in [-0.15, -0.1) is 0 Å². The van der Waals surface area contributed by atoms with Crippen molar-refractivity contribution >= 4 is 49.1 Å². The van der Waals surface area contributed by atoms with Crippen molar-refractivity contribution in [2.24, 2.45) is 0 Å². The van der Waals surface area contributed by atoms with Crippen LogP contribution in [0.15, 0.2) is 168 Å². The molecule has 0 aliphatic heterocycles. The molecule has 8 aromatic rings. The standard InChI is InChI=1S/C44H30O/c1-3-15-29(16-4-1)31-19-7-8-20-32(31)42-33-21-9-11-23-35(33)43(36-24-12-10-22-34(36)42)38-27-28-40-44(37-25-13-14-26-39(37)45-40)41(38)30-17-5-2-6-18-30/h1-19,21-28,32H,20H2.